The third kappa shape index (κ3) is 5.56. The fourth-order valence-corrected chi connectivity index (χ4v) is 4.99. The molecule has 4 rings (SSSR count). The first-order chi connectivity index (χ1) is 17.8. The topological polar surface area (TPSA) is 20.2 Å². The maximum atomic E-state index is 4.25. The van der Waals surface area contributed by atoms with Crippen molar-refractivity contribution < 1.29 is 0 Å². The van der Waals surface area contributed by atoms with E-state index in [2.05, 4.69) is 110 Å². The molecule has 1 aromatic carbocycles. The van der Waals surface area contributed by atoms with Gasteiger partial charge in [-0.1, -0.05) is 88.9 Å². The number of nitrogens with zero attached hydrogens (tertiary/aromatic N) is 2. The van der Waals surface area contributed by atoms with Gasteiger partial charge in [-0.2, -0.15) is 0 Å². The number of hydrogen-bond acceptors (Lipinski definition) is 2. The molecule has 3 nitrogen and oxygen atoms in total. The molecule has 1 unspecified atom stereocenters. The van der Waals surface area contributed by atoms with Crippen LogP contribution in [0.5, 0.6) is 0 Å². The molecule has 1 atom stereocenters. The SMILES string of the molecule is C=C1C=C(C)N2C=Cn3c(C(C)CCCC)cc(-c4ccc(C(=C)NC(=C)/C=C\C=C/C)cc4)c3C2=C1. The number of rotatable bonds is 10. The van der Waals surface area contributed by atoms with Crippen molar-refractivity contribution in [1.29, 1.82) is 0 Å². The average Bonchev–Trinajstić information content (AvgIpc) is 3.28. The van der Waals surface area contributed by atoms with Crippen molar-refractivity contribution in [2.24, 2.45) is 0 Å². The minimum atomic E-state index is 0.470. The lowest BCUT2D eigenvalue weighted by Crippen LogP contribution is -2.22. The highest BCUT2D eigenvalue weighted by molar-refractivity contribution is 5.86. The van der Waals surface area contributed by atoms with Gasteiger partial charge in [0.1, 0.15) is 0 Å². The molecule has 1 aromatic heterocycles. The van der Waals surface area contributed by atoms with Gasteiger partial charge in [0, 0.05) is 40.7 Å². The van der Waals surface area contributed by atoms with Gasteiger partial charge in [-0.25, -0.2) is 0 Å². The summed E-state index contributed by atoms with van der Waals surface area (Å²) in [5.41, 5.74) is 11.1. The fourth-order valence-electron chi connectivity index (χ4n) is 4.99. The molecule has 0 aliphatic carbocycles. The highest BCUT2D eigenvalue weighted by Crippen LogP contribution is 2.43. The monoisotopic (exact) mass is 489 g/mol. The van der Waals surface area contributed by atoms with Gasteiger partial charge in [-0.05, 0) is 67.2 Å². The van der Waals surface area contributed by atoms with Gasteiger partial charge in [-0.3, -0.25) is 0 Å². The van der Waals surface area contributed by atoms with Crippen LogP contribution >= 0.6 is 0 Å². The Morgan fingerprint density at radius 2 is 1.84 bits per heavy atom. The molecule has 2 aliphatic heterocycles. The van der Waals surface area contributed by atoms with Gasteiger partial charge in [0.25, 0.3) is 0 Å². The first-order valence-corrected chi connectivity index (χ1v) is 13.2. The lowest BCUT2D eigenvalue weighted by atomic mass is 9.97. The first-order valence-electron chi connectivity index (χ1n) is 13.2. The zero-order chi connectivity index (χ0) is 26.5. The zero-order valence-electron chi connectivity index (χ0n) is 22.7. The van der Waals surface area contributed by atoms with Crippen LogP contribution in [0.3, 0.4) is 0 Å². The smallest absolute Gasteiger partial charge is 0.0775 e. The van der Waals surface area contributed by atoms with Gasteiger partial charge >= 0.3 is 0 Å². The van der Waals surface area contributed by atoms with Crippen molar-refractivity contribution in [3.63, 3.8) is 0 Å². The van der Waals surface area contributed by atoms with Crippen molar-refractivity contribution in [3.05, 3.63) is 127 Å². The number of aromatic nitrogens is 1. The van der Waals surface area contributed by atoms with Crippen LogP contribution in [0.1, 0.15) is 69.8 Å². The Hall–Kier alpha value is -3.98. The first kappa shape index (κ1) is 26.1. The maximum absolute atomic E-state index is 4.25. The quantitative estimate of drug-likeness (QED) is 0.336. The summed E-state index contributed by atoms with van der Waals surface area (Å²) in [7, 11) is 0. The molecule has 2 aromatic rings. The Kier molecular flexibility index (Phi) is 8.03. The van der Waals surface area contributed by atoms with Gasteiger partial charge in [0.05, 0.1) is 11.4 Å². The summed E-state index contributed by atoms with van der Waals surface area (Å²) in [5.74, 6) is 0.470. The van der Waals surface area contributed by atoms with Crippen LogP contribution < -0.4 is 5.32 Å². The van der Waals surface area contributed by atoms with Crippen LogP contribution in [0.15, 0.2) is 110 Å². The van der Waals surface area contributed by atoms with Crippen LogP contribution in [0.4, 0.5) is 0 Å². The Morgan fingerprint density at radius 1 is 1.08 bits per heavy atom. The Balaban J connectivity index is 1.70. The van der Waals surface area contributed by atoms with Crippen LogP contribution in [-0.2, 0) is 0 Å². The third-order valence-corrected chi connectivity index (χ3v) is 6.98. The van der Waals surface area contributed by atoms with Crippen molar-refractivity contribution in [3.8, 4) is 11.1 Å². The molecule has 190 valence electrons. The van der Waals surface area contributed by atoms with Crippen molar-refractivity contribution in [1.82, 2.24) is 14.8 Å². The molecule has 0 fully saturated rings. The summed E-state index contributed by atoms with van der Waals surface area (Å²) in [6, 6.07) is 11.0. The van der Waals surface area contributed by atoms with E-state index in [-0.39, 0.29) is 0 Å². The number of benzene rings is 1. The van der Waals surface area contributed by atoms with Gasteiger partial charge in [0.15, 0.2) is 0 Å². The third-order valence-electron chi connectivity index (χ3n) is 6.98. The molecular formula is C34H39N3. The van der Waals surface area contributed by atoms with E-state index in [1.807, 2.05) is 31.2 Å². The predicted octanol–water partition coefficient (Wildman–Crippen LogP) is 9.21. The molecule has 0 saturated heterocycles. The lowest BCUT2D eigenvalue weighted by molar-refractivity contribution is 0.593. The van der Waals surface area contributed by atoms with Gasteiger partial charge in [-0.15, -0.1) is 0 Å². The molecular weight excluding hydrogens is 450 g/mol. The largest absolute Gasteiger partial charge is 0.356 e. The molecule has 0 bridgehead atoms. The number of nitrogens with one attached hydrogen (secondary N) is 1. The van der Waals surface area contributed by atoms with E-state index >= 15 is 0 Å². The van der Waals surface area contributed by atoms with Gasteiger partial charge < -0.3 is 14.8 Å². The van der Waals surface area contributed by atoms with Crippen LogP contribution in [-0.4, -0.2) is 9.47 Å². The van der Waals surface area contributed by atoms with Crippen LogP contribution in [0.2, 0.25) is 0 Å². The predicted molar refractivity (Wildman–Crippen MR) is 161 cm³/mol. The molecule has 0 spiro atoms. The standard InChI is InChI=1S/C34H39N3/c1-8-10-12-14-26(5)35-28(7)29-15-17-30(18-16-29)31-23-32(25(4)13-11-9-2)37-20-19-36-27(6)21-24(3)22-33(36)34(31)37/h8,10,12,14-23,25,35H,3,5,7,9,11,13H2,1-2,4,6H3/b10-8-,14-12-. The number of allylic oxidation sites excluding steroid dienone is 8. The second-order valence-corrected chi connectivity index (χ2v) is 9.89. The molecule has 2 aliphatic rings. The molecule has 0 radical (unpaired) electrons. The van der Waals surface area contributed by atoms with E-state index in [1.165, 1.54) is 53.2 Å². The maximum Gasteiger partial charge on any atom is 0.0775 e. The summed E-state index contributed by atoms with van der Waals surface area (Å²) in [6.45, 7) is 21.3. The van der Waals surface area contributed by atoms with E-state index in [9.17, 15) is 0 Å². The molecule has 1 N–H and O–H groups in total. The molecule has 0 amide bonds. The van der Waals surface area contributed by atoms with E-state index in [4.69, 9.17) is 0 Å². The normalized spacial score (nSPS) is 15.5. The lowest BCUT2D eigenvalue weighted by Gasteiger charge is -2.33. The summed E-state index contributed by atoms with van der Waals surface area (Å²) in [6.07, 6.45) is 20.2. The minimum absolute atomic E-state index is 0.470. The molecule has 3 heteroatoms. The van der Waals surface area contributed by atoms with Crippen molar-refractivity contribution >= 4 is 17.6 Å². The number of hydrogen-bond donors (Lipinski definition) is 1. The minimum Gasteiger partial charge on any atom is -0.356 e. The zero-order valence-corrected chi connectivity index (χ0v) is 22.7. The van der Waals surface area contributed by atoms with Crippen molar-refractivity contribution in [2.75, 3.05) is 0 Å². The van der Waals surface area contributed by atoms with E-state index in [0.29, 0.717) is 5.92 Å². The highest BCUT2D eigenvalue weighted by atomic mass is 15.2. The highest BCUT2D eigenvalue weighted by Gasteiger charge is 2.28. The van der Waals surface area contributed by atoms with E-state index < -0.39 is 0 Å². The summed E-state index contributed by atoms with van der Waals surface area (Å²) in [4.78, 5) is 2.26. The number of fused-ring (bicyclic) bond motifs is 3. The fraction of sp³-hybridized carbons (Fsp3) is 0.235. The second kappa shape index (κ2) is 11.4. The summed E-state index contributed by atoms with van der Waals surface area (Å²) in [5, 5.41) is 3.30. The molecule has 0 saturated carbocycles. The average molecular weight is 490 g/mol. The summed E-state index contributed by atoms with van der Waals surface area (Å²) < 4.78 is 2.39. The summed E-state index contributed by atoms with van der Waals surface area (Å²) >= 11 is 0. The Morgan fingerprint density at radius 3 is 2.54 bits per heavy atom. The Bertz CT molecular complexity index is 1350. The van der Waals surface area contributed by atoms with Crippen LogP contribution in [0.25, 0.3) is 28.7 Å². The van der Waals surface area contributed by atoms with Crippen molar-refractivity contribution in [2.45, 2.75) is 52.9 Å². The Labute approximate surface area is 222 Å². The van der Waals surface area contributed by atoms with E-state index in [1.54, 1.807) is 0 Å². The molecule has 3 heterocycles. The number of unbranched alkanes of at least 4 members (excludes halogenated alkanes) is 1. The van der Waals surface area contributed by atoms with Crippen LogP contribution in [0, 0.1) is 0 Å². The van der Waals surface area contributed by atoms with E-state index in [0.717, 1.165) is 22.5 Å². The molecule has 37 heavy (non-hydrogen) atoms. The van der Waals surface area contributed by atoms with Gasteiger partial charge in [0.2, 0.25) is 0 Å². The second-order valence-electron chi connectivity index (χ2n) is 9.89.